The molecule has 2 N–H and O–H groups in total. The zero-order chi connectivity index (χ0) is 14.7. The van der Waals surface area contributed by atoms with E-state index in [1.807, 2.05) is 18.7 Å². The Kier molecular flexibility index (Phi) is 5.30. The lowest BCUT2D eigenvalue weighted by Crippen LogP contribution is -2.04. The number of thioether (sulfide) groups is 1. The molecule has 1 atom stereocenters. The second kappa shape index (κ2) is 6.79. The largest absolute Gasteiger partial charge is 0.324 e. The van der Waals surface area contributed by atoms with Gasteiger partial charge in [-0.15, -0.1) is 11.8 Å². The molecule has 0 spiro atoms. The first-order valence-electron chi connectivity index (χ1n) is 6.70. The van der Waals surface area contributed by atoms with Gasteiger partial charge in [0.15, 0.2) is 0 Å². The summed E-state index contributed by atoms with van der Waals surface area (Å²) in [5.74, 6) is 0.985. The molecule has 2 rings (SSSR count). The van der Waals surface area contributed by atoms with Crippen LogP contribution in [0.5, 0.6) is 0 Å². The van der Waals surface area contributed by atoms with Crippen LogP contribution in [0.25, 0.3) is 0 Å². The summed E-state index contributed by atoms with van der Waals surface area (Å²) in [4.78, 5) is 1.26. The Morgan fingerprint density at radius 1 is 1.10 bits per heavy atom. The summed E-state index contributed by atoms with van der Waals surface area (Å²) >= 11 is 5.49. The summed E-state index contributed by atoms with van der Waals surface area (Å²) in [5.41, 5.74) is 11.1. The first kappa shape index (κ1) is 15.6. The van der Waals surface area contributed by atoms with Gasteiger partial charge >= 0.3 is 0 Å². The van der Waals surface area contributed by atoms with Gasteiger partial charge in [-0.2, -0.15) is 0 Å². The Morgan fingerprint density at radius 3 is 2.30 bits per heavy atom. The van der Waals surface area contributed by atoms with Crippen LogP contribution in [0.3, 0.4) is 0 Å². The van der Waals surface area contributed by atoms with Crippen LogP contribution in [0.1, 0.15) is 35.2 Å². The molecule has 0 aliphatic heterocycles. The number of nitrogens with two attached hydrogens (primary N) is 1. The van der Waals surface area contributed by atoms with E-state index in [0.29, 0.717) is 0 Å². The molecule has 3 heteroatoms. The minimum Gasteiger partial charge on any atom is -0.324 e. The molecular weight excluding hydrogens is 330 g/mol. The van der Waals surface area contributed by atoms with Crippen molar-refractivity contribution in [3.8, 4) is 0 Å². The van der Waals surface area contributed by atoms with Gasteiger partial charge in [0.2, 0.25) is 0 Å². The van der Waals surface area contributed by atoms with Crippen molar-refractivity contribution in [3.05, 3.63) is 63.1 Å². The van der Waals surface area contributed by atoms with Crippen molar-refractivity contribution in [2.45, 2.75) is 37.5 Å². The molecule has 0 amide bonds. The molecule has 1 unspecified atom stereocenters. The first-order chi connectivity index (χ1) is 9.45. The van der Waals surface area contributed by atoms with E-state index in [-0.39, 0.29) is 6.04 Å². The summed E-state index contributed by atoms with van der Waals surface area (Å²) in [7, 11) is 0. The van der Waals surface area contributed by atoms with Crippen molar-refractivity contribution in [2.75, 3.05) is 0 Å². The third-order valence-electron chi connectivity index (χ3n) is 3.16. The molecule has 0 heterocycles. The highest BCUT2D eigenvalue weighted by molar-refractivity contribution is 9.10. The van der Waals surface area contributed by atoms with E-state index in [1.54, 1.807) is 0 Å². The molecule has 0 radical (unpaired) electrons. The van der Waals surface area contributed by atoms with Crippen LogP contribution >= 0.6 is 27.7 Å². The van der Waals surface area contributed by atoms with Crippen LogP contribution in [0.15, 0.2) is 45.8 Å². The predicted molar refractivity (Wildman–Crippen MR) is 92.2 cm³/mol. The number of hydrogen-bond acceptors (Lipinski definition) is 2. The molecule has 0 fully saturated rings. The van der Waals surface area contributed by atoms with Crippen molar-refractivity contribution in [1.82, 2.24) is 0 Å². The molecule has 0 saturated carbocycles. The number of rotatable bonds is 4. The lowest BCUT2D eigenvalue weighted by Gasteiger charge is -2.10. The summed E-state index contributed by atoms with van der Waals surface area (Å²) in [6, 6.07) is 13.2. The van der Waals surface area contributed by atoms with Gasteiger partial charge in [-0.25, -0.2) is 0 Å². The second-order valence-electron chi connectivity index (χ2n) is 5.26. The van der Waals surface area contributed by atoms with Crippen molar-refractivity contribution in [3.63, 3.8) is 0 Å². The van der Waals surface area contributed by atoms with Crippen molar-refractivity contribution < 1.29 is 0 Å². The lowest BCUT2D eigenvalue weighted by molar-refractivity contribution is 0.815. The number of aryl methyl sites for hydroxylation is 2. The van der Waals surface area contributed by atoms with Crippen LogP contribution in [0.4, 0.5) is 0 Å². The van der Waals surface area contributed by atoms with Crippen LogP contribution in [0, 0.1) is 13.8 Å². The summed E-state index contributed by atoms with van der Waals surface area (Å²) in [6.07, 6.45) is 0. The predicted octanol–water partition coefficient (Wildman–Crippen LogP) is 5.38. The summed E-state index contributed by atoms with van der Waals surface area (Å²) < 4.78 is 1.13. The molecule has 0 aliphatic rings. The van der Waals surface area contributed by atoms with E-state index >= 15 is 0 Å². The number of hydrogen-bond donors (Lipinski definition) is 1. The monoisotopic (exact) mass is 349 g/mol. The summed E-state index contributed by atoms with van der Waals surface area (Å²) in [5, 5.41) is 0. The number of benzene rings is 2. The van der Waals surface area contributed by atoms with Crippen LogP contribution in [0.2, 0.25) is 0 Å². The van der Waals surface area contributed by atoms with Gasteiger partial charge < -0.3 is 5.73 Å². The van der Waals surface area contributed by atoms with Gasteiger partial charge in [-0.3, -0.25) is 0 Å². The average molecular weight is 350 g/mol. The molecule has 0 saturated heterocycles. The maximum absolute atomic E-state index is 5.90. The molecule has 0 aliphatic carbocycles. The zero-order valence-corrected chi connectivity index (χ0v) is 14.5. The Bertz CT molecular complexity index is 588. The van der Waals surface area contributed by atoms with Crippen molar-refractivity contribution in [2.24, 2.45) is 5.73 Å². The van der Waals surface area contributed by atoms with Crippen molar-refractivity contribution >= 4 is 27.7 Å². The molecule has 20 heavy (non-hydrogen) atoms. The molecule has 2 aromatic carbocycles. The fourth-order valence-corrected chi connectivity index (χ4v) is 3.82. The summed E-state index contributed by atoms with van der Waals surface area (Å²) in [6.45, 7) is 6.30. The molecular formula is C17H20BrNS. The Morgan fingerprint density at radius 2 is 1.75 bits per heavy atom. The Labute approximate surface area is 134 Å². The van der Waals surface area contributed by atoms with Crippen LogP contribution in [-0.4, -0.2) is 0 Å². The highest BCUT2D eigenvalue weighted by Gasteiger charge is 2.06. The van der Waals surface area contributed by atoms with Gasteiger partial charge in [0.1, 0.15) is 0 Å². The molecule has 2 aromatic rings. The first-order valence-corrected chi connectivity index (χ1v) is 8.48. The van der Waals surface area contributed by atoms with E-state index in [0.717, 1.165) is 15.8 Å². The Hall–Kier alpha value is -0.770. The third-order valence-corrected chi connectivity index (χ3v) is 5.22. The van der Waals surface area contributed by atoms with Gasteiger partial charge in [-0.1, -0.05) is 35.4 Å². The highest BCUT2D eigenvalue weighted by Crippen LogP contribution is 2.32. The highest BCUT2D eigenvalue weighted by atomic mass is 79.9. The van der Waals surface area contributed by atoms with E-state index in [4.69, 9.17) is 5.73 Å². The van der Waals surface area contributed by atoms with Gasteiger partial charge in [0.05, 0.1) is 0 Å². The van der Waals surface area contributed by atoms with Gasteiger partial charge in [0, 0.05) is 21.2 Å². The quantitative estimate of drug-likeness (QED) is 0.750. The third kappa shape index (κ3) is 4.11. The Balaban J connectivity index is 2.11. The smallest absolute Gasteiger partial charge is 0.0314 e. The molecule has 106 valence electrons. The minimum absolute atomic E-state index is 0.0739. The standard InChI is InChI=1S/C17H20BrNS/c1-11-6-12(2)8-14(7-11)10-20-17-5-4-15(13(3)19)9-16(17)18/h4-9,13H,10,19H2,1-3H3. The molecule has 0 aromatic heterocycles. The van der Waals surface area contributed by atoms with Crippen LogP contribution in [-0.2, 0) is 5.75 Å². The average Bonchev–Trinajstić information content (AvgIpc) is 2.36. The normalized spacial score (nSPS) is 12.4. The van der Waals surface area contributed by atoms with Crippen molar-refractivity contribution in [1.29, 1.82) is 0 Å². The van der Waals surface area contributed by atoms with E-state index in [9.17, 15) is 0 Å². The number of halogens is 1. The SMILES string of the molecule is Cc1cc(C)cc(CSc2ccc(C(C)N)cc2Br)c1. The maximum atomic E-state index is 5.90. The minimum atomic E-state index is 0.0739. The van der Waals surface area contributed by atoms with Crippen LogP contribution < -0.4 is 5.73 Å². The van der Waals surface area contributed by atoms with E-state index in [1.165, 1.54) is 21.6 Å². The fraction of sp³-hybridized carbons (Fsp3) is 0.294. The second-order valence-corrected chi connectivity index (χ2v) is 7.13. The maximum Gasteiger partial charge on any atom is 0.0314 e. The topological polar surface area (TPSA) is 26.0 Å². The van der Waals surface area contributed by atoms with Gasteiger partial charge in [-0.05, 0) is 60.0 Å². The van der Waals surface area contributed by atoms with Gasteiger partial charge in [0.25, 0.3) is 0 Å². The molecule has 1 nitrogen and oxygen atoms in total. The zero-order valence-electron chi connectivity index (χ0n) is 12.1. The lowest BCUT2D eigenvalue weighted by atomic mass is 10.1. The van der Waals surface area contributed by atoms with E-state index < -0.39 is 0 Å². The van der Waals surface area contributed by atoms with E-state index in [2.05, 4.69) is 66.2 Å². The fourth-order valence-electron chi connectivity index (χ4n) is 2.23. The molecule has 0 bridgehead atoms.